The van der Waals surface area contributed by atoms with Crippen molar-refractivity contribution in [2.45, 2.75) is 12.8 Å². The molecule has 2 unspecified atom stereocenters. The third-order valence-corrected chi connectivity index (χ3v) is 4.18. The zero-order valence-corrected chi connectivity index (χ0v) is 11.5. The molecule has 1 aliphatic heterocycles. The van der Waals surface area contributed by atoms with Gasteiger partial charge in [-0.3, -0.25) is 4.79 Å². The van der Waals surface area contributed by atoms with Crippen LogP contribution in [0.1, 0.15) is 24.0 Å². The number of carbonyl (C=O) groups is 1. The molecule has 2 nitrogen and oxygen atoms in total. The molecule has 1 fully saturated rings. The Labute approximate surface area is 119 Å². The summed E-state index contributed by atoms with van der Waals surface area (Å²) in [5.74, 6) is 0.276. The highest BCUT2D eigenvalue weighted by molar-refractivity contribution is 5.74. The molecule has 2 aromatic carbocycles. The zero-order valence-electron chi connectivity index (χ0n) is 11.5. The van der Waals surface area contributed by atoms with Crippen LogP contribution in [0.3, 0.4) is 0 Å². The van der Waals surface area contributed by atoms with E-state index in [2.05, 4.69) is 24.3 Å². The first kappa shape index (κ1) is 12.9. The van der Waals surface area contributed by atoms with Gasteiger partial charge in [-0.1, -0.05) is 67.6 Å². The summed E-state index contributed by atoms with van der Waals surface area (Å²) in [5, 5.41) is 0. The highest BCUT2D eigenvalue weighted by Crippen LogP contribution is 2.39. The number of hydrogen-bond donors (Lipinski definition) is 0. The van der Waals surface area contributed by atoms with Gasteiger partial charge < -0.3 is 4.74 Å². The largest absolute Gasteiger partial charge is 0.465 e. The Morgan fingerprint density at radius 3 is 1.85 bits per heavy atom. The molecule has 1 aliphatic rings. The van der Waals surface area contributed by atoms with Gasteiger partial charge in [-0.2, -0.15) is 0 Å². The molecule has 0 saturated carbocycles. The van der Waals surface area contributed by atoms with Crippen LogP contribution in [0.5, 0.6) is 0 Å². The van der Waals surface area contributed by atoms with Crippen molar-refractivity contribution >= 4 is 5.97 Å². The maximum Gasteiger partial charge on any atom is 0.309 e. The van der Waals surface area contributed by atoms with Crippen molar-refractivity contribution in [1.82, 2.24) is 0 Å². The molecule has 0 spiro atoms. The standard InChI is InChI=1S/C18H18O2/c1-13-16(12-20-18(13)19)17(14-8-4-2-5-9-14)15-10-6-3-7-11-15/h2-11,13,16-17H,12H2,1H3. The molecule has 2 heteroatoms. The summed E-state index contributed by atoms with van der Waals surface area (Å²) in [5.41, 5.74) is 2.49. The number of benzene rings is 2. The third kappa shape index (κ3) is 2.34. The van der Waals surface area contributed by atoms with Gasteiger partial charge in [0.1, 0.15) is 0 Å². The van der Waals surface area contributed by atoms with Crippen LogP contribution in [0.15, 0.2) is 60.7 Å². The normalized spacial score (nSPS) is 22.0. The van der Waals surface area contributed by atoms with Crippen LogP contribution in [0.25, 0.3) is 0 Å². The molecule has 0 N–H and O–H groups in total. The van der Waals surface area contributed by atoms with Gasteiger partial charge in [-0.25, -0.2) is 0 Å². The predicted molar refractivity (Wildman–Crippen MR) is 78.3 cm³/mol. The van der Waals surface area contributed by atoms with E-state index in [-0.39, 0.29) is 23.7 Å². The minimum Gasteiger partial charge on any atom is -0.465 e. The Hall–Kier alpha value is -2.09. The van der Waals surface area contributed by atoms with E-state index in [0.717, 1.165) is 0 Å². The highest BCUT2D eigenvalue weighted by atomic mass is 16.5. The number of cyclic esters (lactones) is 1. The predicted octanol–water partition coefficient (Wildman–Crippen LogP) is 3.63. The van der Waals surface area contributed by atoms with Crippen molar-refractivity contribution in [2.75, 3.05) is 6.61 Å². The van der Waals surface area contributed by atoms with E-state index in [9.17, 15) is 4.79 Å². The number of ether oxygens (including phenoxy) is 1. The van der Waals surface area contributed by atoms with E-state index in [1.54, 1.807) is 0 Å². The van der Waals surface area contributed by atoms with Gasteiger partial charge in [0.2, 0.25) is 0 Å². The van der Waals surface area contributed by atoms with Crippen LogP contribution in [-0.2, 0) is 9.53 Å². The molecule has 1 saturated heterocycles. The minimum absolute atomic E-state index is 0.0552. The first-order valence-electron chi connectivity index (χ1n) is 7.04. The van der Waals surface area contributed by atoms with Gasteiger partial charge in [-0.05, 0) is 11.1 Å². The number of carbonyl (C=O) groups excluding carboxylic acids is 1. The van der Waals surface area contributed by atoms with E-state index in [1.165, 1.54) is 11.1 Å². The zero-order chi connectivity index (χ0) is 13.9. The Morgan fingerprint density at radius 2 is 1.45 bits per heavy atom. The summed E-state index contributed by atoms with van der Waals surface area (Å²) < 4.78 is 5.26. The number of esters is 1. The second kappa shape index (κ2) is 5.49. The molecular weight excluding hydrogens is 248 g/mol. The maximum atomic E-state index is 11.7. The van der Waals surface area contributed by atoms with Crippen molar-refractivity contribution in [3.8, 4) is 0 Å². The molecular formula is C18H18O2. The molecule has 0 amide bonds. The Morgan fingerprint density at radius 1 is 0.950 bits per heavy atom. The molecule has 0 aliphatic carbocycles. The van der Waals surface area contributed by atoms with E-state index in [0.29, 0.717) is 6.61 Å². The fourth-order valence-electron chi connectivity index (χ4n) is 3.02. The number of rotatable bonds is 3. The smallest absolute Gasteiger partial charge is 0.309 e. The monoisotopic (exact) mass is 266 g/mol. The van der Waals surface area contributed by atoms with Crippen LogP contribution in [0, 0.1) is 11.8 Å². The van der Waals surface area contributed by atoms with Gasteiger partial charge in [-0.15, -0.1) is 0 Å². The molecule has 20 heavy (non-hydrogen) atoms. The molecule has 3 rings (SSSR count). The summed E-state index contributed by atoms with van der Waals surface area (Å²) in [6, 6.07) is 20.8. The maximum absolute atomic E-state index is 11.7. The fraction of sp³-hybridized carbons (Fsp3) is 0.278. The fourth-order valence-corrected chi connectivity index (χ4v) is 3.02. The molecule has 102 valence electrons. The highest BCUT2D eigenvalue weighted by Gasteiger charge is 2.39. The summed E-state index contributed by atoms with van der Waals surface area (Å²) in [6.45, 7) is 2.48. The molecule has 0 bridgehead atoms. The van der Waals surface area contributed by atoms with Crippen LogP contribution >= 0.6 is 0 Å². The van der Waals surface area contributed by atoms with E-state index in [4.69, 9.17) is 4.74 Å². The second-order valence-electron chi connectivity index (χ2n) is 5.38. The lowest BCUT2D eigenvalue weighted by Gasteiger charge is -2.25. The lowest BCUT2D eigenvalue weighted by Crippen LogP contribution is -2.21. The average molecular weight is 266 g/mol. The van der Waals surface area contributed by atoms with E-state index in [1.807, 2.05) is 43.3 Å². The summed E-state index contributed by atoms with van der Waals surface area (Å²) in [4.78, 5) is 11.7. The summed E-state index contributed by atoms with van der Waals surface area (Å²) >= 11 is 0. The van der Waals surface area contributed by atoms with Crippen molar-refractivity contribution < 1.29 is 9.53 Å². The molecule has 2 atom stereocenters. The van der Waals surface area contributed by atoms with Crippen LogP contribution in [-0.4, -0.2) is 12.6 Å². The van der Waals surface area contributed by atoms with Gasteiger partial charge >= 0.3 is 5.97 Å². The molecule has 0 aromatic heterocycles. The lowest BCUT2D eigenvalue weighted by atomic mass is 9.76. The van der Waals surface area contributed by atoms with Crippen LogP contribution < -0.4 is 0 Å². The topological polar surface area (TPSA) is 26.3 Å². The van der Waals surface area contributed by atoms with E-state index < -0.39 is 0 Å². The second-order valence-corrected chi connectivity index (χ2v) is 5.38. The minimum atomic E-state index is -0.0770. The van der Waals surface area contributed by atoms with Crippen molar-refractivity contribution in [2.24, 2.45) is 11.8 Å². The van der Waals surface area contributed by atoms with Crippen LogP contribution in [0.4, 0.5) is 0 Å². The summed E-state index contributed by atoms with van der Waals surface area (Å²) in [6.07, 6.45) is 0. The van der Waals surface area contributed by atoms with Gasteiger partial charge in [0.15, 0.2) is 0 Å². The van der Waals surface area contributed by atoms with Crippen molar-refractivity contribution in [3.63, 3.8) is 0 Å². The Kier molecular flexibility index (Phi) is 3.55. The molecule has 2 aromatic rings. The van der Waals surface area contributed by atoms with Crippen LogP contribution in [0.2, 0.25) is 0 Å². The third-order valence-electron chi connectivity index (χ3n) is 4.18. The van der Waals surface area contributed by atoms with Gasteiger partial charge in [0.25, 0.3) is 0 Å². The summed E-state index contributed by atoms with van der Waals surface area (Å²) in [7, 11) is 0. The first-order chi connectivity index (χ1) is 9.77. The Balaban J connectivity index is 2.03. The van der Waals surface area contributed by atoms with Gasteiger partial charge in [0, 0.05) is 11.8 Å². The lowest BCUT2D eigenvalue weighted by molar-refractivity contribution is -0.140. The molecule has 1 heterocycles. The quantitative estimate of drug-likeness (QED) is 0.793. The number of hydrogen-bond acceptors (Lipinski definition) is 2. The average Bonchev–Trinajstić information content (AvgIpc) is 2.82. The van der Waals surface area contributed by atoms with Gasteiger partial charge in [0.05, 0.1) is 12.5 Å². The Bertz CT molecular complexity index is 537. The molecule has 0 radical (unpaired) electrons. The first-order valence-corrected chi connectivity index (χ1v) is 7.04. The van der Waals surface area contributed by atoms with E-state index >= 15 is 0 Å². The van der Waals surface area contributed by atoms with Crippen molar-refractivity contribution in [1.29, 1.82) is 0 Å². The SMILES string of the molecule is CC1C(=O)OCC1C(c1ccccc1)c1ccccc1. The van der Waals surface area contributed by atoms with Crippen molar-refractivity contribution in [3.05, 3.63) is 71.8 Å².